The van der Waals surface area contributed by atoms with E-state index in [0.717, 1.165) is 44.9 Å². The van der Waals surface area contributed by atoms with Crippen LogP contribution in [0.5, 0.6) is 0 Å². The van der Waals surface area contributed by atoms with E-state index >= 15 is 0 Å². The lowest BCUT2D eigenvalue weighted by Crippen LogP contribution is -2.40. The van der Waals surface area contributed by atoms with Gasteiger partial charge in [0.15, 0.2) is 5.78 Å². The summed E-state index contributed by atoms with van der Waals surface area (Å²) in [5.41, 5.74) is -1.24. The summed E-state index contributed by atoms with van der Waals surface area (Å²) in [6.45, 7) is 2.03. The molecule has 4 nitrogen and oxygen atoms in total. The maximum absolute atomic E-state index is 12.0. The summed E-state index contributed by atoms with van der Waals surface area (Å²) in [7, 11) is 1.41. The Morgan fingerprint density at radius 2 is 1.96 bits per heavy atom. The molecule has 0 aromatic heterocycles. The first-order valence-electron chi connectivity index (χ1n) is 8.71. The van der Waals surface area contributed by atoms with E-state index in [1.807, 2.05) is 25.2 Å². The van der Waals surface area contributed by atoms with Gasteiger partial charge in [0.2, 0.25) is 0 Å². The SMILES string of the molecule is CC/C=C/C[C@]1(O)C(=O)C=C[C@@H]1CCCCCCCC(=O)OC. The lowest BCUT2D eigenvalue weighted by molar-refractivity contribution is -0.140. The molecule has 0 bridgehead atoms. The summed E-state index contributed by atoms with van der Waals surface area (Å²) in [5.74, 6) is -0.391. The third kappa shape index (κ3) is 6.30. The zero-order valence-electron chi connectivity index (χ0n) is 14.4. The first-order valence-corrected chi connectivity index (χ1v) is 8.71. The number of ether oxygens (including phenoxy) is 1. The second-order valence-electron chi connectivity index (χ2n) is 6.22. The first-order chi connectivity index (χ1) is 11.0. The molecule has 0 fully saturated rings. The van der Waals surface area contributed by atoms with Gasteiger partial charge < -0.3 is 9.84 Å². The minimum atomic E-state index is -1.24. The minimum absolute atomic E-state index is 0.0772. The highest BCUT2D eigenvalue weighted by Crippen LogP contribution is 2.34. The Hall–Kier alpha value is -1.42. The topological polar surface area (TPSA) is 63.6 Å². The van der Waals surface area contributed by atoms with Crippen LogP contribution in [-0.4, -0.2) is 29.6 Å². The summed E-state index contributed by atoms with van der Waals surface area (Å²) in [4.78, 5) is 22.9. The van der Waals surface area contributed by atoms with Gasteiger partial charge in [-0.2, -0.15) is 0 Å². The lowest BCUT2D eigenvalue weighted by atomic mass is 9.82. The molecule has 0 radical (unpaired) electrons. The largest absolute Gasteiger partial charge is 0.469 e. The Morgan fingerprint density at radius 3 is 2.65 bits per heavy atom. The van der Waals surface area contributed by atoms with Crippen molar-refractivity contribution in [1.82, 2.24) is 0 Å². The fourth-order valence-electron chi connectivity index (χ4n) is 2.97. The van der Waals surface area contributed by atoms with Crippen LogP contribution in [0.2, 0.25) is 0 Å². The van der Waals surface area contributed by atoms with Crippen LogP contribution >= 0.6 is 0 Å². The maximum Gasteiger partial charge on any atom is 0.305 e. The molecular weight excluding hydrogens is 292 g/mol. The minimum Gasteiger partial charge on any atom is -0.469 e. The number of esters is 1. The van der Waals surface area contributed by atoms with Crippen molar-refractivity contribution in [2.75, 3.05) is 7.11 Å². The molecule has 0 aromatic rings. The van der Waals surface area contributed by atoms with Crippen LogP contribution < -0.4 is 0 Å². The predicted octanol–water partition coefficient (Wildman–Crippen LogP) is 3.73. The monoisotopic (exact) mass is 322 g/mol. The van der Waals surface area contributed by atoms with Crippen molar-refractivity contribution < 1.29 is 19.4 Å². The molecule has 1 aliphatic carbocycles. The molecule has 23 heavy (non-hydrogen) atoms. The summed E-state index contributed by atoms with van der Waals surface area (Å²) < 4.78 is 4.61. The van der Waals surface area contributed by atoms with E-state index in [4.69, 9.17) is 0 Å². The molecular formula is C19H30O4. The number of carbonyl (C=O) groups is 2. The highest BCUT2D eigenvalue weighted by molar-refractivity contribution is 6.00. The molecule has 0 heterocycles. The molecule has 0 spiro atoms. The van der Waals surface area contributed by atoms with Gasteiger partial charge in [0.25, 0.3) is 0 Å². The molecule has 0 amide bonds. The Kier molecular flexibility index (Phi) is 8.85. The summed E-state index contributed by atoms with van der Waals surface area (Å²) in [6.07, 6.45) is 14.9. The molecule has 1 N–H and O–H groups in total. The third-order valence-electron chi connectivity index (χ3n) is 4.48. The quantitative estimate of drug-likeness (QED) is 0.358. The number of carbonyl (C=O) groups excluding carboxylic acids is 2. The van der Waals surface area contributed by atoms with Crippen molar-refractivity contribution in [3.63, 3.8) is 0 Å². The Labute approximate surface area is 139 Å². The van der Waals surface area contributed by atoms with E-state index in [1.54, 1.807) is 0 Å². The molecule has 0 aromatic carbocycles. The van der Waals surface area contributed by atoms with Crippen molar-refractivity contribution in [1.29, 1.82) is 0 Å². The zero-order chi connectivity index (χ0) is 17.1. The van der Waals surface area contributed by atoms with Crippen LogP contribution in [0.3, 0.4) is 0 Å². The highest BCUT2D eigenvalue weighted by atomic mass is 16.5. The van der Waals surface area contributed by atoms with Crippen molar-refractivity contribution in [3.05, 3.63) is 24.3 Å². The van der Waals surface area contributed by atoms with Gasteiger partial charge in [0, 0.05) is 18.8 Å². The molecule has 0 saturated carbocycles. The average Bonchev–Trinajstić information content (AvgIpc) is 2.82. The van der Waals surface area contributed by atoms with E-state index in [2.05, 4.69) is 4.74 Å². The molecule has 1 aliphatic rings. The third-order valence-corrected chi connectivity index (χ3v) is 4.48. The van der Waals surface area contributed by atoms with E-state index in [1.165, 1.54) is 13.2 Å². The van der Waals surface area contributed by atoms with Crippen molar-refractivity contribution in [3.8, 4) is 0 Å². The van der Waals surface area contributed by atoms with Gasteiger partial charge in [-0.05, 0) is 25.3 Å². The highest BCUT2D eigenvalue weighted by Gasteiger charge is 2.43. The van der Waals surface area contributed by atoms with Gasteiger partial charge in [-0.3, -0.25) is 9.59 Å². The Bertz CT molecular complexity index is 439. The number of ketones is 1. The van der Waals surface area contributed by atoms with Crippen LogP contribution in [0.15, 0.2) is 24.3 Å². The van der Waals surface area contributed by atoms with Crippen molar-refractivity contribution >= 4 is 11.8 Å². The molecule has 0 saturated heterocycles. The Balaban J connectivity index is 2.25. The maximum atomic E-state index is 12.0. The number of methoxy groups -OCH3 is 1. The average molecular weight is 322 g/mol. The second-order valence-corrected chi connectivity index (χ2v) is 6.22. The molecule has 0 unspecified atom stereocenters. The van der Waals surface area contributed by atoms with Crippen molar-refractivity contribution in [2.24, 2.45) is 5.92 Å². The number of allylic oxidation sites excluding steroid dienone is 1. The zero-order valence-corrected chi connectivity index (χ0v) is 14.4. The number of rotatable bonds is 11. The molecule has 2 atom stereocenters. The smallest absolute Gasteiger partial charge is 0.305 e. The van der Waals surface area contributed by atoms with Gasteiger partial charge in [-0.1, -0.05) is 50.8 Å². The van der Waals surface area contributed by atoms with Gasteiger partial charge >= 0.3 is 5.97 Å². The number of aliphatic hydroxyl groups is 1. The normalized spacial score (nSPS) is 23.8. The van der Waals surface area contributed by atoms with Gasteiger partial charge in [-0.25, -0.2) is 0 Å². The number of hydrogen-bond acceptors (Lipinski definition) is 4. The van der Waals surface area contributed by atoms with E-state index in [0.29, 0.717) is 12.8 Å². The van der Waals surface area contributed by atoms with Crippen LogP contribution in [-0.2, 0) is 14.3 Å². The second kappa shape index (κ2) is 10.4. The molecule has 1 rings (SSSR count). The van der Waals surface area contributed by atoms with Crippen LogP contribution in [0, 0.1) is 5.92 Å². The van der Waals surface area contributed by atoms with E-state index in [-0.39, 0.29) is 17.7 Å². The van der Waals surface area contributed by atoms with E-state index in [9.17, 15) is 14.7 Å². The van der Waals surface area contributed by atoms with E-state index < -0.39 is 5.60 Å². The summed E-state index contributed by atoms with van der Waals surface area (Å²) >= 11 is 0. The van der Waals surface area contributed by atoms with Gasteiger partial charge in [0.05, 0.1) is 7.11 Å². The van der Waals surface area contributed by atoms with Crippen molar-refractivity contribution in [2.45, 2.75) is 70.3 Å². The lowest BCUT2D eigenvalue weighted by Gasteiger charge is -2.27. The number of hydrogen-bond donors (Lipinski definition) is 1. The molecule has 130 valence electrons. The predicted molar refractivity (Wildman–Crippen MR) is 91.0 cm³/mol. The van der Waals surface area contributed by atoms with Crippen LogP contribution in [0.4, 0.5) is 0 Å². The first kappa shape index (κ1) is 19.6. The number of unbranched alkanes of at least 4 members (excludes halogenated alkanes) is 4. The van der Waals surface area contributed by atoms with Gasteiger partial charge in [0.1, 0.15) is 5.60 Å². The fourth-order valence-corrected chi connectivity index (χ4v) is 2.97. The fraction of sp³-hybridized carbons (Fsp3) is 0.684. The van der Waals surface area contributed by atoms with Crippen LogP contribution in [0.25, 0.3) is 0 Å². The van der Waals surface area contributed by atoms with Gasteiger partial charge in [-0.15, -0.1) is 0 Å². The Morgan fingerprint density at radius 1 is 1.26 bits per heavy atom. The molecule has 4 heteroatoms. The van der Waals surface area contributed by atoms with Crippen LogP contribution in [0.1, 0.15) is 64.7 Å². The molecule has 0 aliphatic heterocycles. The standard InChI is InChI=1S/C19H30O4/c1-3-4-10-15-19(22)16(13-14-17(19)20)11-8-6-5-7-9-12-18(21)23-2/h4,10,13-14,16,22H,3,5-9,11-12,15H2,1-2H3/b10-4+/t16-,19+/m0/s1. The summed E-state index contributed by atoms with van der Waals surface area (Å²) in [6, 6.07) is 0. The summed E-state index contributed by atoms with van der Waals surface area (Å²) in [5, 5.41) is 10.7.